The van der Waals surface area contributed by atoms with Gasteiger partial charge in [0.25, 0.3) is 0 Å². The van der Waals surface area contributed by atoms with E-state index in [0.717, 1.165) is 11.1 Å². The van der Waals surface area contributed by atoms with E-state index < -0.39 is 0 Å². The first-order valence-corrected chi connectivity index (χ1v) is 7.26. The summed E-state index contributed by atoms with van der Waals surface area (Å²) in [5, 5.41) is 12.0. The van der Waals surface area contributed by atoms with Gasteiger partial charge in [0.2, 0.25) is 5.91 Å². The predicted octanol–water partition coefficient (Wildman–Crippen LogP) is 2.36. The molecule has 0 aliphatic carbocycles. The number of amides is 1. The second-order valence-corrected chi connectivity index (χ2v) is 5.04. The molecule has 1 amide bonds. The van der Waals surface area contributed by atoms with E-state index in [1.54, 1.807) is 37.5 Å². The first-order valence-electron chi connectivity index (χ1n) is 7.26. The molecule has 0 saturated heterocycles. The summed E-state index contributed by atoms with van der Waals surface area (Å²) in [6.07, 6.45) is 3.87. The Labute approximate surface area is 135 Å². The van der Waals surface area contributed by atoms with E-state index in [1.807, 2.05) is 18.2 Å². The molecule has 0 aliphatic heterocycles. The monoisotopic (exact) mass is 312 g/mol. The fourth-order valence-corrected chi connectivity index (χ4v) is 2.08. The number of aromatic hydroxyl groups is 1. The molecule has 2 aromatic carbocycles. The SMILES string of the molecule is COc1ccc(/C=C\C(=O)NCCc2ccc(O)cc2)cc1N. The Morgan fingerprint density at radius 3 is 2.65 bits per heavy atom. The molecule has 0 spiro atoms. The van der Waals surface area contributed by atoms with Crippen molar-refractivity contribution in [2.24, 2.45) is 0 Å². The average molecular weight is 312 g/mol. The van der Waals surface area contributed by atoms with Crippen molar-refractivity contribution in [2.75, 3.05) is 19.4 Å². The Morgan fingerprint density at radius 2 is 2.00 bits per heavy atom. The molecule has 0 aliphatic rings. The third-order valence-electron chi connectivity index (χ3n) is 3.33. The normalized spacial score (nSPS) is 10.7. The summed E-state index contributed by atoms with van der Waals surface area (Å²) in [7, 11) is 1.56. The third-order valence-corrected chi connectivity index (χ3v) is 3.33. The maximum Gasteiger partial charge on any atom is 0.244 e. The number of methoxy groups -OCH3 is 1. The Kier molecular flexibility index (Phi) is 5.63. The van der Waals surface area contributed by atoms with Crippen molar-refractivity contribution in [3.05, 3.63) is 59.7 Å². The number of anilines is 1. The fourth-order valence-electron chi connectivity index (χ4n) is 2.08. The number of benzene rings is 2. The van der Waals surface area contributed by atoms with Crippen LogP contribution >= 0.6 is 0 Å². The van der Waals surface area contributed by atoms with Gasteiger partial charge >= 0.3 is 0 Å². The van der Waals surface area contributed by atoms with Crippen LogP contribution in [0.2, 0.25) is 0 Å². The number of ether oxygens (including phenoxy) is 1. The topological polar surface area (TPSA) is 84.6 Å². The molecule has 0 saturated carbocycles. The van der Waals surface area contributed by atoms with Crippen molar-refractivity contribution < 1.29 is 14.6 Å². The molecule has 0 unspecified atom stereocenters. The van der Waals surface area contributed by atoms with Crippen LogP contribution in [0.25, 0.3) is 6.08 Å². The van der Waals surface area contributed by atoms with E-state index in [-0.39, 0.29) is 11.7 Å². The zero-order valence-electron chi connectivity index (χ0n) is 13.0. The summed E-state index contributed by atoms with van der Waals surface area (Å²) in [5.41, 5.74) is 8.23. The molecule has 4 N–H and O–H groups in total. The molecule has 23 heavy (non-hydrogen) atoms. The van der Waals surface area contributed by atoms with Gasteiger partial charge in [0.05, 0.1) is 12.8 Å². The number of rotatable bonds is 6. The maximum absolute atomic E-state index is 11.8. The average Bonchev–Trinajstić information content (AvgIpc) is 2.55. The van der Waals surface area contributed by atoms with Crippen LogP contribution in [0.1, 0.15) is 11.1 Å². The first kappa shape index (κ1) is 16.4. The second kappa shape index (κ2) is 7.89. The zero-order chi connectivity index (χ0) is 16.7. The summed E-state index contributed by atoms with van der Waals surface area (Å²) in [6.45, 7) is 0.526. The number of phenols is 1. The van der Waals surface area contributed by atoms with E-state index >= 15 is 0 Å². The lowest BCUT2D eigenvalue weighted by atomic mass is 10.1. The minimum absolute atomic E-state index is 0.168. The van der Waals surface area contributed by atoms with Crippen molar-refractivity contribution in [3.8, 4) is 11.5 Å². The summed E-state index contributed by atoms with van der Waals surface area (Å²) in [6, 6.07) is 12.3. The minimum Gasteiger partial charge on any atom is -0.508 e. The minimum atomic E-state index is -0.168. The lowest BCUT2D eigenvalue weighted by molar-refractivity contribution is -0.116. The van der Waals surface area contributed by atoms with Gasteiger partial charge in [-0.15, -0.1) is 0 Å². The number of nitrogen functional groups attached to an aromatic ring is 1. The van der Waals surface area contributed by atoms with Gasteiger partial charge in [-0.3, -0.25) is 4.79 Å². The van der Waals surface area contributed by atoms with Gasteiger partial charge in [-0.2, -0.15) is 0 Å². The highest BCUT2D eigenvalue weighted by molar-refractivity contribution is 5.91. The molecule has 0 heterocycles. The number of carbonyl (C=O) groups excluding carboxylic acids is 1. The number of hydrogen-bond donors (Lipinski definition) is 3. The molecule has 120 valence electrons. The molecule has 0 fully saturated rings. The number of hydrogen-bond acceptors (Lipinski definition) is 4. The molecule has 0 bridgehead atoms. The summed E-state index contributed by atoms with van der Waals surface area (Å²) < 4.78 is 5.08. The predicted molar refractivity (Wildman–Crippen MR) is 91.3 cm³/mol. The van der Waals surface area contributed by atoms with Crippen LogP contribution in [-0.4, -0.2) is 24.7 Å². The van der Waals surface area contributed by atoms with Gasteiger partial charge in [0.1, 0.15) is 11.5 Å². The van der Waals surface area contributed by atoms with Gasteiger partial charge in [-0.1, -0.05) is 18.2 Å². The molecule has 2 aromatic rings. The standard InChI is InChI=1S/C18H20N2O3/c1-23-17-8-4-14(12-16(17)19)5-9-18(22)20-11-10-13-2-6-15(21)7-3-13/h2-9,12,21H,10-11,19H2,1H3,(H,20,22)/b9-5-. The van der Waals surface area contributed by atoms with Crippen molar-refractivity contribution in [1.82, 2.24) is 5.32 Å². The molecule has 0 atom stereocenters. The van der Waals surface area contributed by atoms with Gasteiger partial charge in [-0.05, 0) is 47.9 Å². The van der Waals surface area contributed by atoms with Crippen molar-refractivity contribution in [1.29, 1.82) is 0 Å². The lowest BCUT2D eigenvalue weighted by Gasteiger charge is -2.05. The van der Waals surface area contributed by atoms with Gasteiger partial charge in [-0.25, -0.2) is 0 Å². The van der Waals surface area contributed by atoms with Crippen LogP contribution in [0.5, 0.6) is 11.5 Å². The van der Waals surface area contributed by atoms with Crippen LogP contribution in [-0.2, 0) is 11.2 Å². The molecule has 0 radical (unpaired) electrons. The first-order chi connectivity index (χ1) is 11.1. The summed E-state index contributed by atoms with van der Waals surface area (Å²) in [4.78, 5) is 11.8. The van der Waals surface area contributed by atoms with E-state index in [1.165, 1.54) is 6.08 Å². The fraction of sp³-hybridized carbons (Fsp3) is 0.167. The highest BCUT2D eigenvalue weighted by atomic mass is 16.5. The smallest absolute Gasteiger partial charge is 0.244 e. The highest BCUT2D eigenvalue weighted by Gasteiger charge is 2.00. The van der Waals surface area contributed by atoms with Gasteiger partial charge in [0.15, 0.2) is 0 Å². The Balaban J connectivity index is 1.82. The van der Waals surface area contributed by atoms with Crippen LogP contribution in [0.3, 0.4) is 0 Å². The lowest BCUT2D eigenvalue weighted by Crippen LogP contribution is -2.23. The molecular weight excluding hydrogens is 292 g/mol. The van der Waals surface area contributed by atoms with Crippen LogP contribution < -0.4 is 15.8 Å². The van der Waals surface area contributed by atoms with Gasteiger partial charge < -0.3 is 20.9 Å². The van der Waals surface area contributed by atoms with E-state index in [4.69, 9.17) is 10.5 Å². The molecular formula is C18H20N2O3. The molecule has 5 nitrogen and oxygen atoms in total. The largest absolute Gasteiger partial charge is 0.508 e. The van der Waals surface area contributed by atoms with E-state index in [2.05, 4.69) is 5.32 Å². The zero-order valence-corrected chi connectivity index (χ0v) is 13.0. The quantitative estimate of drug-likeness (QED) is 0.565. The Morgan fingerprint density at radius 1 is 1.26 bits per heavy atom. The Hall–Kier alpha value is -2.95. The van der Waals surface area contributed by atoms with Crippen molar-refractivity contribution in [2.45, 2.75) is 6.42 Å². The molecule has 0 aromatic heterocycles. The highest BCUT2D eigenvalue weighted by Crippen LogP contribution is 2.22. The van der Waals surface area contributed by atoms with Crippen molar-refractivity contribution >= 4 is 17.7 Å². The Bertz CT molecular complexity index is 694. The van der Waals surface area contributed by atoms with Crippen LogP contribution in [0.4, 0.5) is 5.69 Å². The van der Waals surface area contributed by atoms with Crippen LogP contribution in [0, 0.1) is 0 Å². The van der Waals surface area contributed by atoms with Gasteiger partial charge in [0, 0.05) is 12.6 Å². The summed E-state index contributed by atoms with van der Waals surface area (Å²) in [5.74, 6) is 0.679. The van der Waals surface area contributed by atoms with Crippen LogP contribution in [0.15, 0.2) is 48.5 Å². The maximum atomic E-state index is 11.8. The number of carbonyl (C=O) groups is 1. The molecule has 5 heteroatoms. The number of phenolic OH excluding ortho intramolecular Hbond substituents is 1. The van der Waals surface area contributed by atoms with Crippen molar-refractivity contribution in [3.63, 3.8) is 0 Å². The molecule has 2 rings (SSSR count). The number of nitrogens with one attached hydrogen (secondary N) is 1. The van der Waals surface area contributed by atoms with E-state index in [9.17, 15) is 9.90 Å². The number of nitrogens with two attached hydrogens (primary N) is 1. The third kappa shape index (κ3) is 5.07. The summed E-state index contributed by atoms with van der Waals surface area (Å²) >= 11 is 0. The second-order valence-electron chi connectivity index (χ2n) is 5.04. The van der Waals surface area contributed by atoms with E-state index in [0.29, 0.717) is 24.4 Å².